The van der Waals surface area contributed by atoms with E-state index in [1.165, 1.54) is 11.1 Å². The summed E-state index contributed by atoms with van der Waals surface area (Å²) in [7, 11) is 0. The van der Waals surface area contributed by atoms with Gasteiger partial charge in [0.05, 0.1) is 6.54 Å². The van der Waals surface area contributed by atoms with Crippen LogP contribution in [-0.2, 0) is 12.8 Å². The van der Waals surface area contributed by atoms with Crippen molar-refractivity contribution in [3.05, 3.63) is 35.4 Å². The molecule has 1 aromatic carbocycles. The topological polar surface area (TPSA) is 12.0 Å². The predicted molar refractivity (Wildman–Crippen MR) is 51.6 cm³/mol. The van der Waals surface area contributed by atoms with Gasteiger partial charge in [-0.25, -0.2) is 8.78 Å². The molecule has 2 rings (SSSR count). The van der Waals surface area contributed by atoms with E-state index in [1.807, 2.05) is 12.1 Å². The molecule has 0 spiro atoms. The second-order valence-corrected chi connectivity index (χ2v) is 3.67. The lowest BCUT2D eigenvalue weighted by Crippen LogP contribution is -2.33. The molecule has 0 aliphatic heterocycles. The zero-order valence-electron chi connectivity index (χ0n) is 7.84. The lowest BCUT2D eigenvalue weighted by Gasteiger charge is -2.10. The number of benzene rings is 1. The second-order valence-electron chi connectivity index (χ2n) is 3.67. The van der Waals surface area contributed by atoms with Crippen molar-refractivity contribution < 1.29 is 8.78 Å². The number of hydrogen-bond donors (Lipinski definition) is 1. The summed E-state index contributed by atoms with van der Waals surface area (Å²) in [6, 6.07) is 8.32. The summed E-state index contributed by atoms with van der Waals surface area (Å²) < 4.78 is 23.9. The molecule has 1 aliphatic rings. The molecule has 1 nitrogen and oxygen atoms in total. The van der Waals surface area contributed by atoms with Crippen molar-refractivity contribution in [3.8, 4) is 0 Å². The summed E-state index contributed by atoms with van der Waals surface area (Å²) in [5.41, 5.74) is 2.58. The van der Waals surface area contributed by atoms with Gasteiger partial charge in [0.2, 0.25) is 0 Å². The van der Waals surface area contributed by atoms with Crippen LogP contribution in [0.25, 0.3) is 0 Å². The fourth-order valence-electron chi connectivity index (χ4n) is 1.96. The van der Waals surface area contributed by atoms with Crippen molar-refractivity contribution in [3.63, 3.8) is 0 Å². The van der Waals surface area contributed by atoms with Gasteiger partial charge in [0, 0.05) is 6.04 Å². The van der Waals surface area contributed by atoms with Gasteiger partial charge < -0.3 is 5.32 Å². The summed E-state index contributed by atoms with van der Waals surface area (Å²) in [4.78, 5) is 0. The molecule has 1 aliphatic carbocycles. The van der Waals surface area contributed by atoms with Gasteiger partial charge in [-0.1, -0.05) is 24.3 Å². The monoisotopic (exact) mass is 197 g/mol. The Morgan fingerprint density at radius 1 is 1.21 bits per heavy atom. The molecule has 0 atom stereocenters. The molecule has 0 heterocycles. The molecule has 0 unspecified atom stereocenters. The first kappa shape index (κ1) is 9.59. The van der Waals surface area contributed by atoms with Crippen molar-refractivity contribution in [1.82, 2.24) is 5.32 Å². The minimum absolute atomic E-state index is 0.196. The van der Waals surface area contributed by atoms with Crippen molar-refractivity contribution in [2.75, 3.05) is 6.54 Å². The van der Waals surface area contributed by atoms with Crippen LogP contribution in [0.3, 0.4) is 0 Å². The van der Waals surface area contributed by atoms with Crippen LogP contribution in [0.1, 0.15) is 11.1 Å². The van der Waals surface area contributed by atoms with Crippen molar-refractivity contribution in [2.24, 2.45) is 0 Å². The summed E-state index contributed by atoms with van der Waals surface area (Å²) >= 11 is 0. The van der Waals surface area contributed by atoms with Gasteiger partial charge in [0.1, 0.15) is 0 Å². The molecule has 0 radical (unpaired) electrons. The first-order chi connectivity index (χ1) is 6.75. The molecule has 76 valence electrons. The standard InChI is InChI=1S/C11H13F2N/c12-11(13)7-14-10-5-8-3-1-2-4-9(8)6-10/h1-4,10-11,14H,5-7H2. The predicted octanol–water partition coefficient (Wildman–Crippen LogP) is 2.01. The van der Waals surface area contributed by atoms with E-state index in [9.17, 15) is 8.78 Å². The molecule has 0 amide bonds. The third kappa shape index (κ3) is 2.10. The third-order valence-corrected chi connectivity index (χ3v) is 2.61. The first-order valence-corrected chi connectivity index (χ1v) is 4.84. The molecular formula is C11H13F2N. The zero-order valence-corrected chi connectivity index (χ0v) is 7.84. The van der Waals surface area contributed by atoms with Gasteiger partial charge >= 0.3 is 0 Å². The van der Waals surface area contributed by atoms with Gasteiger partial charge in [-0.3, -0.25) is 0 Å². The number of halogens is 2. The molecule has 14 heavy (non-hydrogen) atoms. The highest BCUT2D eigenvalue weighted by atomic mass is 19.3. The summed E-state index contributed by atoms with van der Waals surface area (Å²) in [5, 5.41) is 2.88. The molecule has 0 saturated carbocycles. The Morgan fingerprint density at radius 3 is 2.29 bits per heavy atom. The Labute approximate surface area is 82.1 Å². The quantitative estimate of drug-likeness (QED) is 0.781. The lowest BCUT2D eigenvalue weighted by atomic mass is 10.1. The minimum atomic E-state index is -2.25. The highest BCUT2D eigenvalue weighted by molar-refractivity contribution is 5.33. The molecule has 0 aromatic heterocycles. The second kappa shape index (κ2) is 4.05. The maximum Gasteiger partial charge on any atom is 0.250 e. The van der Waals surface area contributed by atoms with Gasteiger partial charge in [0.15, 0.2) is 0 Å². The normalized spacial score (nSPS) is 16.2. The van der Waals surface area contributed by atoms with Gasteiger partial charge in [-0.05, 0) is 24.0 Å². The maximum atomic E-state index is 12.0. The van der Waals surface area contributed by atoms with Crippen molar-refractivity contribution in [2.45, 2.75) is 25.3 Å². The highest BCUT2D eigenvalue weighted by Gasteiger charge is 2.20. The largest absolute Gasteiger partial charge is 0.308 e. The van der Waals surface area contributed by atoms with Crippen LogP contribution in [0.5, 0.6) is 0 Å². The average Bonchev–Trinajstić information content (AvgIpc) is 2.57. The summed E-state index contributed by atoms with van der Waals surface area (Å²) in [5.74, 6) is 0. The van der Waals surface area contributed by atoms with E-state index < -0.39 is 6.43 Å². The smallest absolute Gasteiger partial charge is 0.250 e. The van der Waals surface area contributed by atoms with Crippen LogP contribution in [0, 0.1) is 0 Å². The Bertz CT molecular complexity index is 287. The van der Waals surface area contributed by atoms with Crippen LogP contribution in [0.4, 0.5) is 8.78 Å². The molecule has 3 heteroatoms. The van der Waals surface area contributed by atoms with Crippen LogP contribution in [0.15, 0.2) is 24.3 Å². The van der Waals surface area contributed by atoms with E-state index in [4.69, 9.17) is 0 Å². The van der Waals surface area contributed by atoms with Gasteiger partial charge in [-0.2, -0.15) is 0 Å². The van der Waals surface area contributed by atoms with Crippen LogP contribution in [-0.4, -0.2) is 19.0 Å². The first-order valence-electron chi connectivity index (χ1n) is 4.84. The molecule has 1 aromatic rings. The SMILES string of the molecule is FC(F)CNC1Cc2ccccc2C1. The molecule has 0 fully saturated rings. The van der Waals surface area contributed by atoms with Crippen molar-refractivity contribution in [1.29, 1.82) is 0 Å². The maximum absolute atomic E-state index is 12.0. The fourth-order valence-corrected chi connectivity index (χ4v) is 1.96. The molecule has 0 saturated heterocycles. The Morgan fingerprint density at radius 2 is 1.79 bits per heavy atom. The van der Waals surface area contributed by atoms with Crippen molar-refractivity contribution >= 4 is 0 Å². The van der Waals surface area contributed by atoms with Gasteiger partial charge in [-0.15, -0.1) is 0 Å². The summed E-state index contributed by atoms with van der Waals surface area (Å²) in [6.07, 6.45) is -0.495. The van der Waals surface area contributed by atoms with E-state index in [0.717, 1.165) is 12.8 Å². The average molecular weight is 197 g/mol. The van der Waals surface area contributed by atoms with Crippen LogP contribution >= 0.6 is 0 Å². The molecule has 1 N–H and O–H groups in total. The zero-order chi connectivity index (χ0) is 9.97. The number of rotatable bonds is 3. The summed E-state index contributed by atoms with van der Waals surface area (Å²) in [6.45, 7) is -0.196. The number of nitrogens with one attached hydrogen (secondary N) is 1. The van der Waals surface area contributed by atoms with E-state index in [1.54, 1.807) is 0 Å². The third-order valence-electron chi connectivity index (χ3n) is 2.61. The van der Waals surface area contributed by atoms with Crippen LogP contribution < -0.4 is 5.32 Å². The number of alkyl halides is 2. The number of hydrogen-bond acceptors (Lipinski definition) is 1. The fraction of sp³-hybridized carbons (Fsp3) is 0.455. The van der Waals surface area contributed by atoms with E-state index in [-0.39, 0.29) is 12.6 Å². The highest BCUT2D eigenvalue weighted by Crippen LogP contribution is 2.21. The van der Waals surface area contributed by atoms with E-state index >= 15 is 0 Å². The lowest BCUT2D eigenvalue weighted by molar-refractivity contribution is 0.141. The minimum Gasteiger partial charge on any atom is -0.308 e. The molecule has 0 bridgehead atoms. The number of fused-ring (bicyclic) bond motifs is 1. The van der Waals surface area contributed by atoms with E-state index in [0.29, 0.717) is 0 Å². The Kier molecular flexibility index (Phi) is 2.77. The van der Waals surface area contributed by atoms with Gasteiger partial charge in [0.25, 0.3) is 6.43 Å². The molecular weight excluding hydrogens is 184 g/mol. The van der Waals surface area contributed by atoms with E-state index in [2.05, 4.69) is 17.4 Å². The Balaban J connectivity index is 1.92. The Hall–Kier alpha value is -0.960. The van der Waals surface area contributed by atoms with Crippen LogP contribution in [0.2, 0.25) is 0 Å².